The van der Waals surface area contributed by atoms with Crippen LogP contribution in [0.25, 0.3) is 21.7 Å². The van der Waals surface area contributed by atoms with E-state index in [4.69, 9.17) is 16.0 Å². The zero-order chi connectivity index (χ0) is 18.5. The van der Waals surface area contributed by atoms with Gasteiger partial charge in [0, 0.05) is 37.3 Å². The Kier molecular flexibility index (Phi) is 4.32. The third kappa shape index (κ3) is 2.93. The Morgan fingerprint density at radius 2 is 2.23 bits per heavy atom. The molecule has 138 valence electrons. The van der Waals surface area contributed by atoms with Crippen LogP contribution in [0, 0.1) is 0 Å². The van der Waals surface area contributed by atoms with E-state index in [1.165, 1.54) is 17.4 Å². The number of hydrogen-bond acceptors (Lipinski definition) is 6. The molecule has 0 radical (unpaired) electrons. The minimum atomic E-state index is -4.64. The molecular weight excluding hydrogens is 389 g/mol. The maximum Gasteiger partial charge on any atom is 0.420 e. The van der Waals surface area contributed by atoms with E-state index in [0.29, 0.717) is 30.2 Å². The van der Waals surface area contributed by atoms with Crippen molar-refractivity contribution in [1.29, 1.82) is 0 Å². The fourth-order valence-corrected chi connectivity index (χ4v) is 4.03. The predicted molar refractivity (Wildman–Crippen MR) is 94.8 cm³/mol. The van der Waals surface area contributed by atoms with Gasteiger partial charge in [-0.15, -0.1) is 11.3 Å². The van der Waals surface area contributed by atoms with Gasteiger partial charge in [0.05, 0.1) is 10.6 Å². The highest BCUT2D eigenvalue weighted by molar-refractivity contribution is 7.13. The van der Waals surface area contributed by atoms with Crippen LogP contribution in [0.1, 0.15) is 12.5 Å². The van der Waals surface area contributed by atoms with Crippen molar-refractivity contribution in [3.8, 4) is 10.6 Å². The van der Waals surface area contributed by atoms with Crippen molar-refractivity contribution in [1.82, 2.24) is 15.3 Å². The molecule has 1 aromatic carbocycles. The lowest BCUT2D eigenvalue weighted by molar-refractivity contribution is -0.136. The van der Waals surface area contributed by atoms with Crippen LogP contribution in [0.3, 0.4) is 0 Å². The molecule has 1 atom stereocenters. The number of rotatable bonds is 2. The fraction of sp³-hybridized carbons (Fsp3) is 0.375. The highest BCUT2D eigenvalue weighted by Crippen LogP contribution is 2.44. The van der Waals surface area contributed by atoms with Crippen LogP contribution in [-0.2, 0) is 6.18 Å². The van der Waals surface area contributed by atoms with E-state index in [1.807, 2.05) is 11.8 Å². The number of thiazole rings is 1. The lowest BCUT2D eigenvalue weighted by Crippen LogP contribution is -2.50. The molecule has 3 heterocycles. The normalized spacial score (nSPS) is 18.7. The fourth-order valence-electron chi connectivity index (χ4n) is 3.07. The summed E-state index contributed by atoms with van der Waals surface area (Å²) in [6.45, 7) is 3.95. The molecule has 0 aliphatic carbocycles. The van der Waals surface area contributed by atoms with Crippen LogP contribution < -0.4 is 10.2 Å². The van der Waals surface area contributed by atoms with E-state index in [1.54, 1.807) is 11.6 Å². The predicted octanol–water partition coefficient (Wildman–Crippen LogP) is 4.42. The number of oxazole rings is 1. The summed E-state index contributed by atoms with van der Waals surface area (Å²) in [5.41, 5.74) is -0.796. The van der Waals surface area contributed by atoms with Crippen LogP contribution >= 0.6 is 22.9 Å². The second kappa shape index (κ2) is 6.40. The van der Waals surface area contributed by atoms with Gasteiger partial charge in [-0.1, -0.05) is 11.6 Å². The molecule has 26 heavy (non-hydrogen) atoms. The molecule has 1 aliphatic rings. The Morgan fingerprint density at radius 3 is 2.88 bits per heavy atom. The second-order valence-electron chi connectivity index (χ2n) is 6.04. The van der Waals surface area contributed by atoms with Gasteiger partial charge in [0.2, 0.25) is 0 Å². The van der Waals surface area contributed by atoms with Gasteiger partial charge in [0.1, 0.15) is 16.1 Å². The summed E-state index contributed by atoms with van der Waals surface area (Å²) in [6.07, 6.45) is -3.06. The molecule has 1 N–H and O–H groups in total. The first kappa shape index (κ1) is 17.6. The standard InChI is InChI=1S/C16H14ClF3N4OS/c1-8-7-21-2-4-24(8)15-23-12-11(16(18,19)20)10(17)6-9(13(12)25-15)14-22-3-5-26-14/h3,5-6,8,21H,2,4,7H2,1H3. The van der Waals surface area contributed by atoms with Crippen molar-refractivity contribution >= 4 is 40.1 Å². The Labute approximate surface area is 155 Å². The number of alkyl halides is 3. The number of anilines is 1. The molecule has 1 unspecified atom stereocenters. The topological polar surface area (TPSA) is 54.2 Å². The summed E-state index contributed by atoms with van der Waals surface area (Å²) in [5, 5.41) is 5.08. The lowest BCUT2D eigenvalue weighted by atomic mass is 10.1. The molecule has 4 rings (SSSR count). The van der Waals surface area contributed by atoms with Crippen LogP contribution in [0.2, 0.25) is 5.02 Å². The number of nitrogens with zero attached hydrogens (tertiary/aromatic N) is 3. The first-order valence-corrected chi connectivity index (χ1v) is 9.19. The van der Waals surface area contributed by atoms with E-state index < -0.39 is 16.8 Å². The Balaban J connectivity index is 1.97. The molecule has 5 nitrogen and oxygen atoms in total. The first-order valence-electron chi connectivity index (χ1n) is 7.93. The van der Waals surface area contributed by atoms with Gasteiger partial charge in [-0.05, 0) is 13.0 Å². The number of nitrogens with one attached hydrogen (secondary N) is 1. The highest BCUT2D eigenvalue weighted by Gasteiger charge is 2.39. The lowest BCUT2D eigenvalue weighted by Gasteiger charge is -2.32. The van der Waals surface area contributed by atoms with Gasteiger partial charge >= 0.3 is 6.18 Å². The largest absolute Gasteiger partial charge is 0.423 e. The van der Waals surface area contributed by atoms with Crippen molar-refractivity contribution in [2.24, 2.45) is 0 Å². The first-order chi connectivity index (χ1) is 12.4. The van der Waals surface area contributed by atoms with Crippen molar-refractivity contribution in [3.63, 3.8) is 0 Å². The van der Waals surface area contributed by atoms with Crippen molar-refractivity contribution < 1.29 is 17.6 Å². The van der Waals surface area contributed by atoms with Crippen LogP contribution in [0.4, 0.5) is 19.2 Å². The van der Waals surface area contributed by atoms with Gasteiger partial charge in [-0.2, -0.15) is 18.2 Å². The smallest absolute Gasteiger partial charge is 0.420 e. The van der Waals surface area contributed by atoms with Crippen LogP contribution in [-0.4, -0.2) is 35.6 Å². The maximum absolute atomic E-state index is 13.6. The van der Waals surface area contributed by atoms with E-state index >= 15 is 0 Å². The van der Waals surface area contributed by atoms with Gasteiger partial charge in [0.25, 0.3) is 6.01 Å². The highest BCUT2D eigenvalue weighted by atomic mass is 35.5. The maximum atomic E-state index is 13.6. The summed E-state index contributed by atoms with van der Waals surface area (Å²) in [6, 6.07) is 1.46. The number of piperazine rings is 1. The SMILES string of the molecule is CC1CNCCN1c1nc2c(C(F)(F)F)c(Cl)cc(-c3nccs3)c2o1. The zero-order valence-electron chi connectivity index (χ0n) is 13.6. The van der Waals surface area contributed by atoms with E-state index in [-0.39, 0.29) is 23.2 Å². The van der Waals surface area contributed by atoms with Crippen LogP contribution in [0.15, 0.2) is 22.1 Å². The molecule has 3 aromatic rings. The molecule has 1 saturated heterocycles. The molecule has 0 spiro atoms. The molecule has 0 saturated carbocycles. The minimum absolute atomic E-state index is 0.0462. The summed E-state index contributed by atoms with van der Waals surface area (Å²) < 4.78 is 46.6. The summed E-state index contributed by atoms with van der Waals surface area (Å²) in [7, 11) is 0. The zero-order valence-corrected chi connectivity index (χ0v) is 15.2. The quantitative estimate of drug-likeness (QED) is 0.687. The average molecular weight is 403 g/mol. The van der Waals surface area contributed by atoms with Crippen molar-refractivity contribution in [3.05, 3.63) is 28.2 Å². The van der Waals surface area contributed by atoms with Gasteiger partial charge in [0.15, 0.2) is 5.58 Å². The van der Waals surface area contributed by atoms with Gasteiger partial charge in [-0.3, -0.25) is 0 Å². The summed E-state index contributed by atoms with van der Waals surface area (Å²) in [5.74, 6) is 0. The van der Waals surface area contributed by atoms with E-state index in [9.17, 15) is 13.2 Å². The van der Waals surface area contributed by atoms with Crippen molar-refractivity contribution in [2.75, 3.05) is 24.5 Å². The molecule has 0 bridgehead atoms. The average Bonchev–Trinajstić information content (AvgIpc) is 3.22. The van der Waals surface area contributed by atoms with E-state index in [2.05, 4.69) is 15.3 Å². The molecule has 0 amide bonds. The van der Waals surface area contributed by atoms with Gasteiger partial charge in [-0.25, -0.2) is 4.98 Å². The van der Waals surface area contributed by atoms with Crippen molar-refractivity contribution in [2.45, 2.75) is 19.1 Å². The number of halogens is 4. The Bertz CT molecular complexity index is 941. The Morgan fingerprint density at radius 1 is 1.42 bits per heavy atom. The van der Waals surface area contributed by atoms with Gasteiger partial charge < -0.3 is 14.6 Å². The number of benzene rings is 1. The van der Waals surface area contributed by atoms with Crippen LogP contribution in [0.5, 0.6) is 0 Å². The molecule has 1 fully saturated rings. The monoisotopic (exact) mass is 402 g/mol. The Hall–Kier alpha value is -1.84. The van der Waals surface area contributed by atoms with E-state index in [0.717, 1.165) is 0 Å². The molecule has 2 aromatic heterocycles. The third-order valence-electron chi connectivity index (χ3n) is 4.30. The summed E-state index contributed by atoms with van der Waals surface area (Å²) >= 11 is 7.28. The number of fused-ring (bicyclic) bond motifs is 1. The molecular formula is C16H14ClF3N4OS. The molecule has 10 heteroatoms. The second-order valence-corrected chi connectivity index (χ2v) is 7.34. The minimum Gasteiger partial charge on any atom is -0.423 e. The third-order valence-corrected chi connectivity index (χ3v) is 5.40. The number of hydrogen-bond donors (Lipinski definition) is 1. The number of aromatic nitrogens is 2. The summed E-state index contributed by atoms with van der Waals surface area (Å²) in [4.78, 5) is 10.2. The molecule has 1 aliphatic heterocycles.